The van der Waals surface area contributed by atoms with Crippen LogP contribution in [0.25, 0.3) is 5.52 Å². The Morgan fingerprint density at radius 2 is 2.00 bits per heavy atom. The predicted molar refractivity (Wildman–Crippen MR) is 125 cm³/mol. The van der Waals surface area contributed by atoms with Crippen molar-refractivity contribution in [2.75, 3.05) is 10.6 Å². The molecular formula is C24H29N5O4. The highest BCUT2D eigenvalue weighted by Gasteiger charge is 2.50. The van der Waals surface area contributed by atoms with E-state index in [1.807, 2.05) is 51.1 Å². The van der Waals surface area contributed by atoms with Crippen molar-refractivity contribution in [3.05, 3.63) is 59.9 Å². The zero-order valence-electron chi connectivity index (χ0n) is 19.0. The maximum absolute atomic E-state index is 12.3. The molecule has 5 N–H and O–H groups in total. The van der Waals surface area contributed by atoms with E-state index >= 15 is 0 Å². The first-order valence-electron chi connectivity index (χ1n) is 10.9. The van der Waals surface area contributed by atoms with Crippen molar-refractivity contribution in [2.45, 2.75) is 51.9 Å². The summed E-state index contributed by atoms with van der Waals surface area (Å²) in [6.07, 6.45) is 3.78. The van der Waals surface area contributed by atoms with E-state index in [-0.39, 0.29) is 18.2 Å². The minimum absolute atomic E-state index is 0.0982. The zero-order chi connectivity index (χ0) is 23.8. The average molecular weight is 452 g/mol. The van der Waals surface area contributed by atoms with E-state index in [2.05, 4.69) is 15.7 Å². The van der Waals surface area contributed by atoms with E-state index in [9.17, 15) is 14.7 Å². The molecule has 0 saturated heterocycles. The van der Waals surface area contributed by atoms with Gasteiger partial charge in [0.1, 0.15) is 6.61 Å². The molecule has 2 unspecified atom stereocenters. The molecule has 2 atom stereocenters. The SMILES string of the molecule is CC1(O)CCC(Nc2c(C(N)=O)cnn3cc(NC(=O)OCc4ccccc4)cc23)C1(C)C. The van der Waals surface area contributed by atoms with Crippen LogP contribution in [0.5, 0.6) is 0 Å². The van der Waals surface area contributed by atoms with Crippen molar-refractivity contribution in [1.82, 2.24) is 9.61 Å². The second kappa shape index (κ2) is 8.40. The number of nitrogens with one attached hydrogen (secondary N) is 2. The largest absolute Gasteiger partial charge is 0.444 e. The smallest absolute Gasteiger partial charge is 0.412 e. The van der Waals surface area contributed by atoms with Crippen LogP contribution < -0.4 is 16.4 Å². The number of aliphatic hydroxyl groups is 1. The van der Waals surface area contributed by atoms with Gasteiger partial charge in [0.15, 0.2) is 0 Å². The lowest BCUT2D eigenvalue weighted by atomic mass is 9.76. The quantitative estimate of drug-likeness (QED) is 0.453. The molecule has 1 saturated carbocycles. The number of aromatic nitrogens is 2. The Morgan fingerprint density at radius 3 is 2.64 bits per heavy atom. The van der Waals surface area contributed by atoms with Crippen LogP contribution in [0, 0.1) is 5.41 Å². The molecule has 0 aliphatic heterocycles. The van der Waals surface area contributed by atoms with Gasteiger partial charge in [-0.05, 0) is 31.4 Å². The van der Waals surface area contributed by atoms with E-state index in [4.69, 9.17) is 10.5 Å². The molecule has 1 aliphatic rings. The van der Waals surface area contributed by atoms with E-state index in [0.29, 0.717) is 23.3 Å². The van der Waals surface area contributed by atoms with Crippen molar-refractivity contribution >= 4 is 28.9 Å². The monoisotopic (exact) mass is 451 g/mol. The van der Waals surface area contributed by atoms with E-state index in [1.165, 1.54) is 6.20 Å². The van der Waals surface area contributed by atoms with Gasteiger partial charge in [-0.3, -0.25) is 10.1 Å². The third-order valence-electron chi connectivity index (χ3n) is 6.86. The molecule has 9 heteroatoms. The predicted octanol–water partition coefficient (Wildman–Crippen LogP) is 3.53. The molecule has 33 heavy (non-hydrogen) atoms. The van der Waals surface area contributed by atoms with Crippen molar-refractivity contribution in [1.29, 1.82) is 0 Å². The van der Waals surface area contributed by atoms with Crippen molar-refractivity contribution in [3.8, 4) is 0 Å². The van der Waals surface area contributed by atoms with Gasteiger partial charge in [0.05, 0.1) is 40.4 Å². The molecule has 0 radical (unpaired) electrons. The number of benzene rings is 1. The van der Waals surface area contributed by atoms with Gasteiger partial charge in [0.2, 0.25) is 0 Å². The molecule has 9 nitrogen and oxygen atoms in total. The average Bonchev–Trinajstić information content (AvgIpc) is 3.26. The molecule has 0 spiro atoms. The van der Waals surface area contributed by atoms with Gasteiger partial charge < -0.3 is 20.9 Å². The number of hydrogen-bond donors (Lipinski definition) is 4. The van der Waals surface area contributed by atoms with Crippen LogP contribution in [0.3, 0.4) is 0 Å². The standard InChI is InChI=1S/C24H29N5O4/c1-23(2)19(9-10-24(23,3)32)28-20-17(21(25)30)12-26-29-13-16(11-18(20)29)27-22(31)33-14-15-7-5-4-6-8-15/h4-8,11-13,19,28,32H,9-10,14H2,1-3H3,(H2,25,30)(H,27,31). The molecular weight excluding hydrogens is 422 g/mol. The van der Waals surface area contributed by atoms with Crippen LogP contribution in [-0.2, 0) is 11.3 Å². The summed E-state index contributed by atoms with van der Waals surface area (Å²) >= 11 is 0. The number of rotatable bonds is 6. The summed E-state index contributed by atoms with van der Waals surface area (Å²) in [5, 5.41) is 21.2. The Hall–Kier alpha value is -3.59. The Bertz CT molecular complexity index is 1190. The fraction of sp³-hybridized carbons (Fsp3) is 0.375. The molecule has 3 aromatic rings. The number of nitrogens with two attached hydrogens (primary N) is 1. The highest BCUT2D eigenvalue weighted by molar-refractivity contribution is 6.02. The van der Waals surface area contributed by atoms with Gasteiger partial charge in [-0.15, -0.1) is 0 Å². The van der Waals surface area contributed by atoms with Crippen LogP contribution in [0.2, 0.25) is 0 Å². The molecule has 1 fully saturated rings. The number of nitrogens with zero attached hydrogens (tertiary/aromatic N) is 2. The van der Waals surface area contributed by atoms with Crippen LogP contribution in [-0.4, -0.2) is 38.4 Å². The molecule has 1 aromatic carbocycles. The highest BCUT2D eigenvalue weighted by Crippen LogP contribution is 2.47. The number of carbonyl (C=O) groups excluding carboxylic acids is 2. The van der Waals surface area contributed by atoms with Gasteiger partial charge in [0.25, 0.3) is 5.91 Å². The Kier molecular flexibility index (Phi) is 5.75. The van der Waals surface area contributed by atoms with Crippen LogP contribution in [0.1, 0.15) is 49.5 Å². The maximum atomic E-state index is 12.3. The van der Waals surface area contributed by atoms with Crippen LogP contribution in [0.4, 0.5) is 16.2 Å². The Balaban J connectivity index is 1.58. The Labute approximate surface area is 191 Å². The fourth-order valence-corrected chi connectivity index (χ4v) is 4.25. The minimum Gasteiger partial charge on any atom is -0.444 e. The molecule has 0 bridgehead atoms. The van der Waals surface area contributed by atoms with Crippen LogP contribution in [0.15, 0.2) is 48.8 Å². The van der Waals surface area contributed by atoms with Gasteiger partial charge >= 0.3 is 6.09 Å². The number of ether oxygens (including phenoxy) is 1. The molecule has 2 heterocycles. The lowest BCUT2D eigenvalue weighted by Gasteiger charge is -2.38. The maximum Gasteiger partial charge on any atom is 0.412 e. The van der Waals surface area contributed by atoms with Crippen molar-refractivity contribution < 1.29 is 19.4 Å². The topological polar surface area (TPSA) is 131 Å². The minimum atomic E-state index is -0.849. The van der Waals surface area contributed by atoms with Gasteiger partial charge in [-0.1, -0.05) is 44.2 Å². The summed E-state index contributed by atoms with van der Waals surface area (Å²) in [4.78, 5) is 24.4. The second-order valence-electron chi connectivity index (χ2n) is 9.27. The van der Waals surface area contributed by atoms with Gasteiger partial charge in [-0.2, -0.15) is 5.10 Å². The van der Waals surface area contributed by atoms with Gasteiger partial charge in [0, 0.05) is 11.5 Å². The lowest BCUT2D eigenvalue weighted by Crippen LogP contribution is -2.45. The summed E-state index contributed by atoms with van der Waals surface area (Å²) < 4.78 is 6.84. The second-order valence-corrected chi connectivity index (χ2v) is 9.27. The molecule has 2 amide bonds. The zero-order valence-corrected chi connectivity index (χ0v) is 19.0. The first-order chi connectivity index (χ1) is 15.6. The summed E-state index contributed by atoms with van der Waals surface area (Å²) in [5.74, 6) is -0.618. The highest BCUT2D eigenvalue weighted by atomic mass is 16.5. The number of amides is 2. The molecule has 174 valence electrons. The third-order valence-corrected chi connectivity index (χ3v) is 6.86. The first kappa shape index (κ1) is 22.6. The summed E-state index contributed by atoms with van der Waals surface area (Å²) in [6, 6.07) is 11.0. The normalized spacial score (nSPS) is 21.6. The third kappa shape index (κ3) is 4.36. The molecule has 2 aromatic heterocycles. The molecule has 1 aliphatic carbocycles. The van der Waals surface area contributed by atoms with E-state index in [0.717, 1.165) is 12.0 Å². The number of anilines is 2. The number of carbonyl (C=O) groups is 2. The summed E-state index contributed by atoms with van der Waals surface area (Å²) in [5.41, 5.74) is 6.99. The van der Waals surface area contributed by atoms with Crippen molar-refractivity contribution in [2.24, 2.45) is 11.1 Å². The number of fused-ring (bicyclic) bond motifs is 1. The number of primary amides is 1. The van der Waals surface area contributed by atoms with Crippen LogP contribution >= 0.6 is 0 Å². The summed E-state index contributed by atoms with van der Waals surface area (Å²) in [7, 11) is 0. The first-order valence-corrected chi connectivity index (χ1v) is 10.9. The van der Waals surface area contributed by atoms with E-state index in [1.54, 1.807) is 16.8 Å². The lowest BCUT2D eigenvalue weighted by molar-refractivity contribution is -0.0283. The van der Waals surface area contributed by atoms with E-state index < -0.39 is 23.0 Å². The van der Waals surface area contributed by atoms with Gasteiger partial charge in [-0.25, -0.2) is 9.31 Å². The fourth-order valence-electron chi connectivity index (χ4n) is 4.25. The summed E-state index contributed by atoms with van der Waals surface area (Å²) in [6.45, 7) is 5.96. The molecule has 4 rings (SSSR count). The Morgan fingerprint density at radius 1 is 1.27 bits per heavy atom. The van der Waals surface area contributed by atoms with Crippen molar-refractivity contribution in [3.63, 3.8) is 0 Å². The number of hydrogen-bond acceptors (Lipinski definition) is 6.